The van der Waals surface area contributed by atoms with Crippen LogP contribution in [0.25, 0.3) is 33.5 Å². The molecule has 0 radical (unpaired) electrons. The van der Waals surface area contributed by atoms with Crippen molar-refractivity contribution in [3.05, 3.63) is 78.4 Å². The van der Waals surface area contributed by atoms with Gasteiger partial charge < -0.3 is 10.6 Å². The minimum Gasteiger partial charge on any atom is -0.334 e. The molecule has 1 aliphatic heterocycles. The van der Waals surface area contributed by atoms with Gasteiger partial charge in [-0.25, -0.2) is 36.3 Å². The molecule has 38 heavy (non-hydrogen) atoms. The van der Waals surface area contributed by atoms with E-state index in [9.17, 15) is 22.0 Å². The first kappa shape index (κ1) is 25.7. The first-order chi connectivity index (χ1) is 18.2. The van der Waals surface area contributed by atoms with Gasteiger partial charge in [-0.3, -0.25) is 0 Å². The van der Waals surface area contributed by atoms with Crippen LogP contribution < -0.4 is 10.6 Å². The quantitative estimate of drug-likeness (QED) is 0.381. The van der Waals surface area contributed by atoms with Crippen LogP contribution in [0.15, 0.2) is 66.7 Å². The van der Waals surface area contributed by atoms with Gasteiger partial charge in [0.1, 0.15) is 11.6 Å². The molecule has 2 N–H and O–H groups in total. The van der Waals surface area contributed by atoms with E-state index in [0.717, 1.165) is 6.26 Å². The van der Waals surface area contributed by atoms with Crippen molar-refractivity contribution in [2.24, 2.45) is 0 Å². The van der Waals surface area contributed by atoms with Gasteiger partial charge in [-0.15, -0.1) is 0 Å². The number of hydrogen-bond acceptors (Lipinski definition) is 5. The number of carbonyl (C=O) groups is 1. The lowest BCUT2D eigenvalue weighted by Crippen LogP contribution is -2.50. The maximum atomic E-state index is 13.6. The Labute approximate surface area is 218 Å². The first-order valence-electron chi connectivity index (χ1n) is 12.0. The highest BCUT2D eigenvalue weighted by Gasteiger charge is 2.26. The highest BCUT2D eigenvalue weighted by atomic mass is 32.2. The molecule has 5 rings (SSSR count). The second-order valence-electron chi connectivity index (χ2n) is 9.20. The molecule has 1 atom stereocenters. The molecule has 196 valence electrons. The number of nitrogens with zero attached hydrogens (tertiary/aromatic N) is 3. The van der Waals surface area contributed by atoms with Gasteiger partial charge in [0, 0.05) is 35.9 Å². The Morgan fingerprint density at radius 2 is 1.47 bits per heavy atom. The van der Waals surface area contributed by atoms with Gasteiger partial charge in [0.15, 0.2) is 0 Å². The van der Waals surface area contributed by atoms with Crippen LogP contribution in [0.5, 0.6) is 0 Å². The van der Waals surface area contributed by atoms with Crippen LogP contribution >= 0.6 is 0 Å². The molecular formula is C27H25F2N5O3S. The summed E-state index contributed by atoms with van der Waals surface area (Å²) in [6.45, 7) is 0.668. The Morgan fingerprint density at radius 1 is 0.895 bits per heavy atom. The lowest BCUT2D eigenvalue weighted by Gasteiger charge is -2.31. The summed E-state index contributed by atoms with van der Waals surface area (Å²) >= 11 is 0. The average molecular weight is 538 g/mol. The minimum atomic E-state index is -3.33. The number of nitrogens with one attached hydrogen (secondary N) is 2. The molecule has 0 saturated carbocycles. The summed E-state index contributed by atoms with van der Waals surface area (Å²) in [6, 6.07) is 16.0. The van der Waals surface area contributed by atoms with Crippen LogP contribution in [0.3, 0.4) is 0 Å². The molecule has 2 amide bonds. The summed E-state index contributed by atoms with van der Waals surface area (Å²) in [7, 11) is -3.33. The fourth-order valence-electron chi connectivity index (χ4n) is 4.46. The topological polar surface area (TPSA) is 104 Å². The van der Waals surface area contributed by atoms with E-state index in [-0.39, 0.29) is 24.2 Å². The Hall–Kier alpha value is -3.96. The van der Waals surface area contributed by atoms with Crippen LogP contribution in [-0.2, 0) is 10.0 Å². The summed E-state index contributed by atoms with van der Waals surface area (Å²) in [6.07, 6.45) is 2.50. The number of piperidine rings is 1. The van der Waals surface area contributed by atoms with E-state index in [2.05, 4.69) is 10.6 Å². The molecule has 8 nitrogen and oxygen atoms in total. The molecule has 3 aromatic carbocycles. The van der Waals surface area contributed by atoms with Crippen LogP contribution in [0.4, 0.5) is 19.3 Å². The smallest absolute Gasteiger partial charge is 0.319 e. The largest absolute Gasteiger partial charge is 0.334 e. The lowest BCUT2D eigenvalue weighted by molar-refractivity contribution is 0.236. The zero-order valence-corrected chi connectivity index (χ0v) is 21.3. The van der Waals surface area contributed by atoms with Gasteiger partial charge in [-0.2, -0.15) is 0 Å². The van der Waals surface area contributed by atoms with Gasteiger partial charge in [0.25, 0.3) is 0 Å². The zero-order chi connectivity index (χ0) is 26.9. The number of hydrogen-bond donors (Lipinski definition) is 2. The normalized spacial score (nSPS) is 16.3. The van der Waals surface area contributed by atoms with Crippen LogP contribution in [0, 0.1) is 11.6 Å². The fourth-order valence-corrected chi connectivity index (χ4v) is 5.38. The van der Waals surface area contributed by atoms with Crippen LogP contribution in [0.2, 0.25) is 0 Å². The molecule has 1 aliphatic rings. The number of rotatable bonds is 5. The van der Waals surface area contributed by atoms with Crippen LogP contribution in [-0.4, -0.2) is 54.1 Å². The summed E-state index contributed by atoms with van der Waals surface area (Å²) in [5.74, 6) is -0.766. The molecule has 1 unspecified atom stereocenters. The van der Waals surface area contributed by atoms with Crippen molar-refractivity contribution < 1.29 is 22.0 Å². The summed E-state index contributed by atoms with van der Waals surface area (Å²) < 4.78 is 52.2. The first-order valence-corrected chi connectivity index (χ1v) is 13.9. The molecule has 2 heterocycles. The highest BCUT2D eigenvalue weighted by molar-refractivity contribution is 7.88. The van der Waals surface area contributed by atoms with Crippen molar-refractivity contribution in [3.63, 3.8) is 0 Å². The predicted molar refractivity (Wildman–Crippen MR) is 142 cm³/mol. The number of fused-ring (bicyclic) bond motifs is 1. The molecule has 0 bridgehead atoms. The van der Waals surface area contributed by atoms with Crippen molar-refractivity contribution >= 4 is 32.8 Å². The van der Waals surface area contributed by atoms with Crippen LogP contribution in [0.1, 0.15) is 12.8 Å². The number of benzene rings is 3. The van der Waals surface area contributed by atoms with Crippen molar-refractivity contribution in [1.29, 1.82) is 0 Å². The second kappa shape index (κ2) is 10.4. The second-order valence-corrected chi connectivity index (χ2v) is 11.2. The molecular weight excluding hydrogens is 512 g/mol. The third kappa shape index (κ3) is 5.79. The lowest BCUT2D eigenvalue weighted by atomic mass is 10.0. The van der Waals surface area contributed by atoms with Gasteiger partial charge in [-0.05, 0) is 79.6 Å². The minimum absolute atomic E-state index is 0.225. The third-order valence-electron chi connectivity index (χ3n) is 6.35. The maximum Gasteiger partial charge on any atom is 0.319 e. The Balaban J connectivity index is 1.43. The number of sulfonamides is 1. The van der Waals surface area contributed by atoms with Crippen molar-refractivity contribution in [2.75, 3.05) is 24.7 Å². The third-order valence-corrected chi connectivity index (χ3v) is 7.62. The summed E-state index contributed by atoms with van der Waals surface area (Å²) in [5.41, 5.74) is 3.79. The number of halogens is 2. The molecule has 4 aromatic rings. The fraction of sp³-hybridized carbons (Fsp3) is 0.222. The molecule has 1 saturated heterocycles. The number of anilines is 1. The predicted octanol–water partition coefficient (Wildman–Crippen LogP) is 4.79. The number of amides is 2. The van der Waals surface area contributed by atoms with E-state index in [4.69, 9.17) is 9.97 Å². The Kier molecular flexibility index (Phi) is 7.04. The molecule has 11 heteroatoms. The number of carbonyl (C=O) groups excluding carboxylic acids is 1. The number of aromatic nitrogens is 2. The SMILES string of the molecule is CS(=O)(=O)N1CCCC(NC(=O)Nc2ccc3nc(-c4ccc(F)cc4)c(-c4ccc(F)cc4)nc3c2)C1. The van der Waals surface area contributed by atoms with Gasteiger partial charge in [-0.1, -0.05) is 0 Å². The van der Waals surface area contributed by atoms with Gasteiger partial charge >= 0.3 is 6.03 Å². The average Bonchev–Trinajstić information content (AvgIpc) is 2.88. The van der Waals surface area contributed by atoms with E-state index in [0.29, 0.717) is 58.6 Å². The molecule has 1 fully saturated rings. The maximum absolute atomic E-state index is 13.6. The molecule has 0 spiro atoms. The molecule has 1 aromatic heterocycles. The van der Waals surface area contributed by atoms with Gasteiger partial charge in [0.05, 0.1) is 28.7 Å². The Morgan fingerprint density at radius 3 is 2.05 bits per heavy atom. The van der Waals surface area contributed by atoms with Crippen molar-refractivity contribution in [3.8, 4) is 22.5 Å². The Bertz CT molecular complexity index is 1600. The highest BCUT2D eigenvalue weighted by Crippen LogP contribution is 2.32. The molecule has 0 aliphatic carbocycles. The monoisotopic (exact) mass is 537 g/mol. The number of urea groups is 1. The van der Waals surface area contributed by atoms with E-state index in [1.54, 1.807) is 42.5 Å². The van der Waals surface area contributed by atoms with E-state index in [1.807, 2.05) is 0 Å². The van der Waals surface area contributed by atoms with Gasteiger partial charge in [0.2, 0.25) is 10.0 Å². The van der Waals surface area contributed by atoms with E-state index >= 15 is 0 Å². The summed E-state index contributed by atoms with van der Waals surface area (Å²) in [4.78, 5) is 22.2. The summed E-state index contributed by atoms with van der Waals surface area (Å²) in [5, 5.41) is 5.61. The van der Waals surface area contributed by atoms with Crippen molar-refractivity contribution in [1.82, 2.24) is 19.6 Å². The van der Waals surface area contributed by atoms with Crippen molar-refractivity contribution in [2.45, 2.75) is 18.9 Å². The zero-order valence-electron chi connectivity index (χ0n) is 20.5. The van der Waals surface area contributed by atoms with E-state index < -0.39 is 16.1 Å². The standard InChI is InChI=1S/C27H25F2N5O3S/c1-38(36,37)34-14-2-3-22(16-34)31-27(35)30-21-12-13-23-24(15-21)33-26(18-6-10-20(29)11-7-18)25(32-23)17-4-8-19(28)9-5-17/h4-13,15,22H,2-3,14,16H2,1H3,(H2,30,31,35). The van der Waals surface area contributed by atoms with E-state index in [1.165, 1.54) is 28.6 Å².